The highest BCUT2D eigenvalue weighted by atomic mass is 16.5. The van der Waals surface area contributed by atoms with Gasteiger partial charge < -0.3 is 10.1 Å². The van der Waals surface area contributed by atoms with Crippen molar-refractivity contribution < 1.29 is 4.74 Å². The van der Waals surface area contributed by atoms with Crippen LogP contribution in [0.1, 0.15) is 51.6 Å². The summed E-state index contributed by atoms with van der Waals surface area (Å²) in [6.45, 7) is 7.01. The minimum atomic E-state index is 0.390. The number of nitrogens with one attached hydrogen (secondary N) is 1. The first-order valence-corrected chi connectivity index (χ1v) is 7.50. The van der Waals surface area contributed by atoms with E-state index < -0.39 is 0 Å². The number of benzene rings is 1. The van der Waals surface area contributed by atoms with E-state index in [0.29, 0.717) is 12.1 Å². The zero-order valence-electron chi connectivity index (χ0n) is 12.6. The summed E-state index contributed by atoms with van der Waals surface area (Å²) in [4.78, 5) is 0. The Balaban J connectivity index is 1.95. The second kappa shape index (κ2) is 6.42. The van der Waals surface area contributed by atoms with Crippen molar-refractivity contribution in [3.05, 3.63) is 29.8 Å². The van der Waals surface area contributed by atoms with E-state index in [-0.39, 0.29) is 0 Å². The molecule has 106 valence electrons. The minimum Gasteiger partial charge on any atom is -0.497 e. The monoisotopic (exact) mass is 261 g/mol. The summed E-state index contributed by atoms with van der Waals surface area (Å²) < 4.78 is 5.30. The molecule has 1 aliphatic carbocycles. The van der Waals surface area contributed by atoms with E-state index in [1.807, 2.05) is 6.07 Å². The molecule has 0 amide bonds. The predicted octanol–water partition coefficient (Wildman–Crippen LogP) is 4.17. The summed E-state index contributed by atoms with van der Waals surface area (Å²) in [7, 11) is 1.72. The van der Waals surface area contributed by atoms with Crippen molar-refractivity contribution in [3.8, 4) is 5.75 Å². The molecule has 0 aliphatic heterocycles. The van der Waals surface area contributed by atoms with E-state index in [1.165, 1.54) is 24.8 Å². The maximum atomic E-state index is 5.30. The molecule has 1 aromatic carbocycles. The Morgan fingerprint density at radius 1 is 1.21 bits per heavy atom. The minimum absolute atomic E-state index is 0.390. The summed E-state index contributed by atoms with van der Waals surface area (Å²) in [6.07, 6.45) is 3.96. The molecule has 1 saturated carbocycles. The van der Waals surface area contributed by atoms with Gasteiger partial charge in [-0.25, -0.2) is 0 Å². The van der Waals surface area contributed by atoms with Gasteiger partial charge in [-0.1, -0.05) is 26.0 Å². The lowest BCUT2D eigenvalue weighted by atomic mass is 9.79. The lowest BCUT2D eigenvalue weighted by Gasteiger charge is -2.34. The average molecular weight is 261 g/mol. The Bertz CT molecular complexity index is 404. The van der Waals surface area contributed by atoms with Crippen molar-refractivity contribution in [1.29, 1.82) is 0 Å². The van der Waals surface area contributed by atoms with Gasteiger partial charge in [0.1, 0.15) is 5.75 Å². The van der Waals surface area contributed by atoms with Crippen molar-refractivity contribution in [1.82, 2.24) is 5.32 Å². The van der Waals surface area contributed by atoms with Crippen LogP contribution in [0, 0.1) is 11.8 Å². The largest absolute Gasteiger partial charge is 0.497 e. The quantitative estimate of drug-likeness (QED) is 0.878. The molecule has 19 heavy (non-hydrogen) atoms. The fraction of sp³-hybridized carbons (Fsp3) is 0.647. The molecule has 3 unspecified atom stereocenters. The van der Waals surface area contributed by atoms with Crippen LogP contribution in [0.5, 0.6) is 5.75 Å². The summed E-state index contributed by atoms with van der Waals surface area (Å²) in [5.41, 5.74) is 1.31. The van der Waals surface area contributed by atoms with E-state index in [4.69, 9.17) is 4.74 Å². The maximum absolute atomic E-state index is 5.30. The topological polar surface area (TPSA) is 21.3 Å². The Hall–Kier alpha value is -1.02. The van der Waals surface area contributed by atoms with E-state index in [2.05, 4.69) is 44.3 Å². The molecule has 2 nitrogen and oxygen atoms in total. The van der Waals surface area contributed by atoms with Crippen LogP contribution in [-0.2, 0) is 0 Å². The van der Waals surface area contributed by atoms with Crippen molar-refractivity contribution in [2.24, 2.45) is 11.8 Å². The Morgan fingerprint density at radius 2 is 2.00 bits per heavy atom. The molecule has 1 aromatic rings. The summed E-state index contributed by atoms with van der Waals surface area (Å²) in [5, 5.41) is 3.78. The van der Waals surface area contributed by atoms with Crippen LogP contribution in [0.15, 0.2) is 24.3 Å². The molecule has 4 atom stereocenters. The van der Waals surface area contributed by atoms with Gasteiger partial charge in [0.2, 0.25) is 0 Å². The zero-order chi connectivity index (χ0) is 13.8. The molecule has 1 aliphatic rings. The van der Waals surface area contributed by atoms with Gasteiger partial charge in [0.25, 0.3) is 0 Å². The van der Waals surface area contributed by atoms with Crippen molar-refractivity contribution in [2.75, 3.05) is 7.11 Å². The third-order valence-electron chi connectivity index (χ3n) is 4.68. The SMILES string of the molecule is COc1cccc([C@@H](C)NC2CCC(C)C(C)C2)c1. The third-order valence-corrected chi connectivity index (χ3v) is 4.68. The summed E-state index contributed by atoms with van der Waals surface area (Å²) in [5.74, 6) is 2.66. The molecular weight excluding hydrogens is 234 g/mol. The van der Waals surface area contributed by atoms with Crippen molar-refractivity contribution >= 4 is 0 Å². The van der Waals surface area contributed by atoms with Crippen molar-refractivity contribution in [3.63, 3.8) is 0 Å². The molecule has 0 spiro atoms. The number of hydrogen-bond donors (Lipinski definition) is 1. The number of rotatable bonds is 4. The number of methoxy groups -OCH3 is 1. The first-order chi connectivity index (χ1) is 9.10. The van der Waals surface area contributed by atoms with E-state index in [1.54, 1.807) is 7.11 Å². The van der Waals surface area contributed by atoms with Gasteiger partial charge in [-0.05, 0) is 55.7 Å². The lowest BCUT2D eigenvalue weighted by Crippen LogP contribution is -2.37. The number of ether oxygens (including phenoxy) is 1. The molecule has 1 N–H and O–H groups in total. The molecule has 2 rings (SSSR count). The second-order valence-electron chi connectivity index (χ2n) is 6.13. The highest BCUT2D eigenvalue weighted by molar-refractivity contribution is 5.30. The first kappa shape index (κ1) is 14.4. The summed E-state index contributed by atoms with van der Waals surface area (Å²) in [6, 6.07) is 9.42. The van der Waals surface area contributed by atoms with Gasteiger partial charge in [0.05, 0.1) is 7.11 Å². The Morgan fingerprint density at radius 3 is 2.68 bits per heavy atom. The van der Waals surface area contributed by atoms with Crippen LogP contribution in [0.3, 0.4) is 0 Å². The normalized spacial score (nSPS) is 28.9. The van der Waals surface area contributed by atoms with Crippen molar-refractivity contribution in [2.45, 2.75) is 52.1 Å². The van der Waals surface area contributed by atoms with Crippen LogP contribution in [-0.4, -0.2) is 13.2 Å². The summed E-state index contributed by atoms with van der Waals surface area (Å²) >= 11 is 0. The van der Waals surface area contributed by atoms with E-state index in [9.17, 15) is 0 Å². The molecule has 2 heteroatoms. The molecule has 1 fully saturated rings. The van der Waals surface area contributed by atoms with Crippen LogP contribution in [0.2, 0.25) is 0 Å². The molecule has 0 heterocycles. The molecular formula is C17H27NO. The van der Waals surface area contributed by atoms with Gasteiger partial charge in [-0.15, -0.1) is 0 Å². The van der Waals surface area contributed by atoms with Gasteiger partial charge in [-0.2, -0.15) is 0 Å². The fourth-order valence-electron chi connectivity index (χ4n) is 3.06. The fourth-order valence-corrected chi connectivity index (χ4v) is 3.06. The Kier molecular flexibility index (Phi) is 4.87. The molecule has 0 radical (unpaired) electrons. The number of hydrogen-bond acceptors (Lipinski definition) is 2. The Labute approximate surface area is 117 Å². The smallest absolute Gasteiger partial charge is 0.119 e. The van der Waals surface area contributed by atoms with Gasteiger partial charge >= 0.3 is 0 Å². The van der Waals surface area contributed by atoms with Crippen LogP contribution >= 0.6 is 0 Å². The van der Waals surface area contributed by atoms with Crippen LogP contribution < -0.4 is 10.1 Å². The predicted molar refractivity (Wildman–Crippen MR) is 80.5 cm³/mol. The standard InChI is InChI=1S/C17H27NO/c1-12-8-9-16(10-13(12)2)18-14(3)15-6-5-7-17(11-15)19-4/h5-7,11-14,16,18H,8-10H2,1-4H3/t12?,13?,14-,16?/m1/s1. The zero-order valence-corrected chi connectivity index (χ0v) is 12.6. The molecule has 0 bridgehead atoms. The first-order valence-electron chi connectivity index (χ1n) is 7.50. The maximum Gasteiger partial charge on any atom is 0.119 e. The van der Waals surface area contributed by atoms with E-state index >= 15 is 0 Å². The van der Waals surface area contributed by atoms with Gasteiger partial charge in [0, 0.05) is 12.1 Å². The van der Waals surface area contributed by atoms with Crippen LogP contribution in [0.4, 0.5) is 0 Å². The highest BCUT2D eigenvalue weighted by Gasteiger charge is 2.25. The second-order valence-corrected chi connectivity index (χ2v) is 6.13. The van der Waals surface area contributed by atoms with Gasteiger partial charge in [-0.3, -0.25) is 0 Å². The highest BCUT2D eigenvalue weighted by Crippen LogP contribution is 2.30. The van der Waals surface area contributed by atoms with Crippen LogP contribution in [0.25, 0.3) is 0 Å². The lowest BCUT2D eigenvalue weighted by molar-refractivity contribution is 0.217. The third kappa shape index (κ3) is 3.73. The van der Waals surface area contributed by atoms with Gasteiger partial charge in [0.15, 0.2) is 0 Å². The molecule has 0 saturated heterocycles. The molecule has 0 aromatic heterocycles. The average Bonchev–Trinajstić information content (AvgIpc) is 2.43. The van der Waals surface area contributed by atoms with E-state index in [0.717, 1.165) is 17.6 Å².